The molecule has 14 heavy (non-hydrogen) atoms. The summed E-state index contributed by atoms with van der Waals surface area (Å²) >= 11 is 5.47. The third-order valence-corrected chi connectivity index (χ3v) is 1.55. The van der Waals surface area contributed by atoms with Gasteiger partial charge in [0.25, 0.3) is 0 Å². The molecule has 0 aliphatic carbocycles. The third kappa shape index (κ3) is 7.61. The van der Waals surface area contributed by atoms with Crippen LogP contribution in [0.15, 0.2) is 11.6 Å². The van der Waals surface area contributed by atoms with E-state index in [2.05, 4.69) is 16.6 Å². The number of allylic oxidation sites excluding steroid dienone is 1. The molecule has 0 saturated heterocycles. The van der Waals surface area contributed by atoms with Gasteiger partial charge in [0.15, 0.2) is 0 Å². The summed E-state index contributed by atoms with van der Waals surface area (Å²) in [5, 5.41) is 2.84. The second-order valence-corrected chi connectivity index (χ2v) is 3.13. The molecule has 5 heteroatoms. The van der Waals surface area contributed by atoms with Crippen LogP contribution in [0.2, 0.25) is 0 Å². The van der Waals surface area contributed by atoms with Gasteiger partial charge in [-0.05, 0) is 13.3 Å². The van der Waals surface area contributed by atoms with Crippen LogP contribution >= 0.6 is 11.6 Å². The minimum atomic E-state index is -0.439. The number of hydrogen-bond donors (Lipinski definition) is 1. The Bertz CT molecular complexity index is 228. The normalized spacial score (nSPS) is 9.29. The lowest BCUT2D eigenvalue weighted by Gasteiger charge is -2.03. The zero-order valence-electron chi connectivity index (χ0n) is 8.14. The zero-order chi connectivity index (χ0) is 11.0. The van der Waals surface area contributed by atoms with Crippen molar-refractivity contribution in [2.24, 2.45) is 0 Å². The molecule has 0 spiro atoms. The maximum atomic E-state index is 11.0. The SMILES string of the molecule is C=C(Cl)CCC(=O)NCC(=O)OCC. The Kier molecular flexibility index (Phi) is 6.84. The minimum Gasteiger partial charge on any atom is -0.465 e. The highest BCUT2D eigenvalue weighted by atomic mass is 35.5. The molecule has 0 saturated carbocycles. The fraction of sp³-hybridized carbons (Fsp3) is 0.556. The predicted octanol–water partition coefficient (Wildman–Crippen LogP) is 1.20. The lowest BCUT2D eigenvalue weighted by atomic mass is 10.3. The molecule has 0 aromatic carbocycles. The number of hydrogen-bond acceptors (Lipinski definition) is 3. The van der Waals surface area contributed by atoms with Crippen LogP contribution in [0.3, 0.4) is 0 Å². The molecule has 0 aliphatic rings. The summed E-state index contributed by atoms with van der Waals surface area (Å²) in [5.41, 5.74) is 0. The van der Waals surface area contributed by atoms with Gasteiger partial charge < -0.3 is 10.1 Å². The first kappa shape index (κ1) is 13.0. The van der Waals surface area contributed by atoms with Crippen LogP contribution in [0, 0.1) is 0 Å². The topological polar surface area (TPSA) is 55.4 Å². The molecule has 80 valence electrons. The quantitative estimate of drug-likeness (QED) is 0.683. The Hall–Kier alpha value is -1.03. The largest absolute Gasteiger partial charge is 0.465 e. The number of esters is 1. The Morgan fingerprint density at radius 1 is 1.43 bits per heavy atom. The van der Waals surface area contributed by atoms with Crippen LogP contribution < -0.4 is 5.32 Å². The van der Waals surface area contributed by atoms with Gasteiger partial charge in [0.05, 0.1) is 6.61 Å². The lowest BCUT2D eigenvalue weighted by Crippen LogP contribution is -2.30. The van der Waals surface area contributed by atoms with Crippen molar-refractivity contribution in [2.75, 3.05) is 13.2 Å². The summed E-state index contributed by atoms with van der Waals surface area (Å²) in [6.45, 7) is 5.37. The van der Waals surface area contributed by atoms with E-state index in [1.807, 2.05) is 0 Å². The average molecular weight is 220 g/mol. The third-order valence-electron chi connectivity index (χ3n) is 1.36. The summed E-state index contributed by atoms with van der Waals surface area (Å²) in [6.07, 6.45) is 0.651. The van der Waals surface area contributed by atoms with Gasteiger partial charge in [-0.3, -0.25) is 9.59 Å². The van der Waals surface area contributed by atoms with E-state index in [4.69, 9.17) is 11.6 Å². The van der Waals surface area contributed by atoms with E-state index in [1.54, 1.807) is 6.92 Å². The van der Waals surface area contributed by atoms with E-state index in [0.29, 0.717) is 18.1 Å². The molecule has 0 aromatic heterocycles. The summed E-state index contributed by atoms with van der Waals surface area (Å²) in [7, 11) is 0. The van der Waals surface area contributed by atoms with Gasteiger partial charge in [0, 0.05) is 11.5 Å². The van der Waals surface area contributed by atoms with Crippen molar-refractivity contribution in [3.05, 3.63) is 11.6 Å². The average Bonchev–Trinajstić information content (AvgIpc) is 2.12. The molecular weight excluding hydrogens is 206 g/mol. The van der Waals surface area contributed by atoms with Crippen molar-refractivity contribution in [2.45, 2.75) is 19.8 Å². The van der Waals surface area contributed by atoms with Crippen LogP contribution in [-0.2, 0) is 14.3 Å². The predicted molar refractivity (Wildman–Crippen MR) is 53.9 cm³/mol. The first-order chi connectivity index (χ1) is 6.56. The van der Waals surface area contributed by atoms with Crippen LogP contribution in [0.25, 0.3) is 0 Å². The van der Waals surface area contributed by atoms with Gasteiger partial charge in [-0.25, -0.2) is 0 Å². The lowest BCUT2D eigenvalue weighted by molar-refractivity contribution is -0.143. The second kappa shape index (κ2) is 7.38. The van der Waals surface area contributed by atoms with Gasteiger partial charge in [-0.1, -0.05) is 18.2 Å². The van der Waals surface area contributed by atoms with Crippen molar-refractivity contribution in [3.63, 3.8) is 0 Å². The van der Waals surface area contributed by atoms with Gasteiger partial charge >= 0.3 is 5.97 Å². The highest BCUT2D eigenvalue weighted by Gasteiger charge is 2.05. The molecule has 0 bridgehead atoms. The fourth-order valence-corrected chi connectivity index (χ4v) is 0.815. The zero-order valence-corrected chi connectivity index (χ0v) is 8.89. The monoisotopic (exact) mass is 219 g/mol. The van der Waals surface area contributed by atoms with Crippen LogP contribution in [0.1, 0.15) is 19.8 Å². The smallest absolute Gasteiger partial charge is 0.325 e. The molecule has 0 atom stereocenters. The molecule has 0 fully saturated rings. The Labute approximate surface area is 88.3 Å². The van der Waals surface area contributed by atoms with E-state index in [-0.39, 0.29) is 18.9 Å². The second-order valence-electron chi connectivity index (χ2n) is 2.60. The molecule has 0 heterocycles. The molecule has 0 aromatic rings. The van der Waals surface area contributed by atoms with E-state index >= 15 is 0 Å². The number of amides is 1. The summed E-state index contributed by atoms with van der Waals surface area (Å²) < 4.78 is 4.62. The van der Waals surface area contributed by atoms with Crippen molar-refractivity contribution in [3.8, 4) is 0 Å². The Morgan fingerprint density at radius 3 is 2.57 bits per heavy atom. The molecule has 1 N–H and O–H groups in total. The highest BCUT2D eigenvalue weighted by molar-refractivity contribution is 6.29. The fourth-order valence-electron chi connectivity index (χ4n) is 0.720. The number of halogens is 1. The number of nitrogens with one attached hydrogen (secondary N) is 1. The molecule has 1 amide bonds. The maximum absolute atomic E-state index is 11.0. The van der Waals surface area contributed by atoms with E-state index in [0.717, 1.165) is 0 Å². The van der Waals surface area contributed by atoms with Crippen LogP contribution in [-0.4, -0.2) is 25.0 Å². The molecule has 0 unspecified atom stereocenters. The van der Waals surface area contributed by atoms with Crippen molar-refractivity contribution < 1.29 is 14.3 Å². The van der Waals surface area contributed by atoms with Crippen molar-refractivity contribution >= 4 is 23.5 Å². The number of rotatable bonds is 6. The standard InChI is InChI=1S/C9H14ClNO3/c1-3-14-9(13)6-11-8(12)5-4-7(2)10/h2-6H2,1H3,(H,11,12). The summed E-state index contributed by atoms with van der Waals surface area (Å²) in [5.74, 6) is -0.676. The first-order valence-electron chi connectivity index (χ1n) is 4.31. The number of carbonyl (C=O) groups excluding carboxylic acids is 2. The molecule has 0 aliphatic heterocycles. The number of ether oxygens (including phenoxy) is 1. The Morgan fingerprint density at radius 2 is 2.07 bits per heavy atom. The van der Waals surface area contributed by atoms with Crippen LogP contribution in [0.5, 0.6) is 0 Å². The molecule has 0 radical (unpaired) electrons. The van der Waals surface area contributed by atoms with E-state index in [1.165, 1.54) is 0 Å². The van der Waals surface area contributed by atoms with Crippen molar-refractivity contribution in [1.29, 1.82) is 0 Å². The van der Waals surface area contributed by atoms with Gasteiger partial charge in [-0.2, -0.15) is 0 Å². The minimum absolute atomic E-state index is 0.0958. The number of carbonyl (C=O) groups is 2. The van der Waals surface area contributed by atoms with Crippen molar-refractivity contribution in [1.82, 2.24) is 5.32 Å². The van der Waals surface area contributed by atoms with E-state index in [9.17, 15) is 9.59 Å². The van der Waals surface area contributed by atoms with Gasteiger partial charge in [0.2, 0.25) is 5.91 Å². The molecule has 0 rings (SSSR count). The van der Waals surface area contributed by atoms with E-state index < -0.39 is 5.97 Å². The van der Waals surface area contributed by atoms with Gasteiger partial charge in [-0.15, -0.1) is 0 Å². The molecule has 4 nitrogen and oxygen atoms in total. The maximum Gasteiger partial charge on any atom is 0.325 e. The van der Waals surface area contributed by atoms with Gasteiger partial charge in [0.1, 0.15) is 6.54 Å². The Balaban J connectivity index is 3.53. The first-order valence-corrected chi connectivity index (χ1v) is 4.69. The summed E-state index contributed by atoms with van der Waals surface area (Å²) in [4.78, 5) is 21.8. The highest BCUT2D eigenvalue weighted by Crippen LogP contribution is 2.05. The molecular formula is C9H14ClNO3. The van der Waals surface area contributed by atoms with Crippen LogP contribution in [0.4, 0.5) is 0 Å². The summed E-state index contributed by atoms with van der Waals surface area (Å²) in [6, 6.07) is 0.